The number of amides is 1. The summed E-state index contributed by atoms with van der Waals surface area (Å²) in [6, 6.07) is 5.91. The number of hydrogen-bond donors (Lipinski definition) is 2. The van der Waals surface area contributed by atoms with Gasteiger partial charge in [-0.25, -0.2) is 4.99 Å². The largest absolute Gasteiger partial charge is 0.573 e. The first-order chi connectivity index (χ1) is 13.8. The number of piperidine rings is 1. The van der Waals surface area contributed by atoms with Crippen molar-refractivity contribution < 1.29 is 22.7 Å². The van der Waals surface area contributed by atoms with E-state index in [1.165, 1.54) is 18.2 Å². The fourth-order valence-corrected chi connectivity index (χ4v) is 3.23. The van der Waals surface area contributed by atoms with E-state index in [0.717, 1.165) is 25.9 Å². The maximum Gasteiger partial charge on any atom is 0.573 e. The van der Waals surface area contributed by atoms with Gasteiger partial charge in [0.2, 0.25) is 5.91 Å². The molecule has 0 bridgehead atoms. The molecule has 0 saturated carbocycles. The van der Waals surface area contributed by atoms with Crippen LogP contribution in [0, 0.1) is 5.92 Å². The number of rotatable bonds is 7. The summed E-state index contributed by atoms with van der Waals surface area (Å²) in [5.74, 6) is 0.797. The number of likely N-dealkylation sites (tertiary alicyclic amines) is 1. The molecule has 2 N–H and O–H groups in total. The predicted octanol–water partition coefficient (Wildman–Crippen LogP) is 3.29. The molecule has 1 amide bonds. The summed E-state index contributed by atoms with van der Waals surface area (Å²) in [6.45, 7) is 6.63. The third kappa shape index (κ3) is 8.21. The van der Waals surface area contributed by atoms with Crippen LogP contribution in [-0.2, 0) is 11.3 Å². The second-order valence-corrected chi connectivity index (χ2v) is 7.11. The van der Waals surface area contributed by atoms with Crippen LogP contribution in [0.3, 0.4) is 0 Å². The second-order valence-electron chi connectivity index (χ2n) is 7.11. The van der Waals surface area contributed by atoms with Crippen molar-refractivity contribution in [2.45, 2.75) is 46.0 Å². The molecule has 1 unspecified atom stereocenters. The molecule has 0 radical (unpaired) electrons. The topological polar surface area (TPSA) is 66.0 Å². The summed E-state index contributed by atoms with van der Waals surface area (Å²) in [7, 11) is 0. The molecule has 0 spiro atoms. The zero-order chi connectivity index (χ0) is 21.3. The number of alkyl halides is 3. The van der Waals surface area contributed by atoms with Crippen molar-refractivity contribution in [1.29, 1.82) is 0 Å². The van der Waals surface area contributed by atoms with Crippen LogP contribution in [0.1, 0.15) is 38.7 Å². The zero-order valence-corrected chi connectivity index (χ0v) is 16.9. The monoisotopic (exact) mass is 414 g/mol. The Morgan fingerprint density at radius 3 is 2.76 bits per heavy atom. The highest BCUT2D eigenvalue weighted by atomic mass is 19.4. The predicted molar refractivity (Wildman–Crippen MR) is 106 cm³/mol. The number of nitrogens with zero attached hydrogens (tertiary/aromatic N) is 2. The fourth-order valence-electron chi connectivity index (χ4n) is 3.23. The van der Waals surface area contributed by atoms with E-state index in [4.69, 9.17) is 0 Å². The van der Waals surface area contributed by atoms with Gasteiger partial charge in [0.05, 0.1) is 6.54 Å². The van der Waals surface area contributed by atoms with Gasteiger partial charge in [-0.2, -0.15) is 0 Å². The Morgan fingerprint density at radius 2 is 2.07 bits per heavy atom. The van der Waals surface area contributed by atoms with Gasteiger partial charge in [-0.3, -0.25) is 4.79 Å². The van der Waals surface area contributed by atoms with Gasteiger partial charge in [0.25, 0.3) is 0 Å². The summed E-state index contributed by atoms with van der Waals surface area (Å²) in [5.41, 5.74) is 0.320. The lowest BCUT2D eigenvalue weighted by molar-refractivity contribution is -0.274. The molecule has 6 nitrogen and oxygen atoms in total. The highest BCUT2D eigenvalue weighted by molar-refractivity contribution is 5.81. The van der Waals surface area contributed by atoms with Gasteiger partial charge in [0, 0.05) is 38.2 Å². The summed E-state index contributed by atoms with van der Waals surface area (Å²) in [6.07, 6.45) is -2.23. The van der Waals surface area contributed by atoms with Crippen LogP contribution in [0.25, 0.3) is 0 Å². The Bertz CT molecular complexity index is 695. The minimum Gasteiger partial charge on any atom is -0.405 e. The fraction of sp³-hybridized carbons (Fsp3) is 0.600. The lowest BCUT2D eigenvalue weighted by Crippen LogP contribution is -2.42. The molecular weight excluding hydrogens is 385 g/mol. The van der Waals surface area contributed by atoms with Crippen LogP contribution >= 0.6 is 0 Å². The quantitative estimate of drug-likeness (QED) is 0.531. The first-order valence-electron chi connectivity index (χ1n) is 9.92. The molecular formula is C20H29F3N4O2. The molecule has 1 aliphatic rings. The van der Waals surface area contributed by atoms with Crippen molar-refractivity contribution in [3.63, 3.8) is 0 Å². The Kier molecular flexibility index (Phi) is 8.60. The van der Waals surface area contributed by atoms with E-state index in [9.17, 15) is 18.0 Å². The van der Waals surface area contributed by atoms with Crippen LogP contribution in [-0.4, -0.2) is 49.3 Å². The average molecular weight is 414 g/mol. The molecule has 29 heavy (non-hydrogen) atoms. The van der Waals surface area contributed by atoms with E-state index in [2.05, 4.69) is 27.3 Å². The first kappa shape index (κ1) is 22.8. The molecule has 1 saturated heterocycles. The molecule has 2 rings (SSSR count). The van der Waals surface area contributed by atoms with Gasteiger partial charge < -0.3 is 20.3 Å². The lowest BCUT2D eigenvalue weighted by Gasteiger charge is -2.31. The Labute approximate surface area is 169 Å². The van der Waals surface area contributed by atoms with Crippen molar-refractivity contribution in [2.75, 3.05) is 26.2 Å². The van der Waals surface area contributed by atoms with Crippen molar-refractivity contribution >= 4 is 11.9 Å². The number of para-hydroxylation sites is 1. The zero-order valence-electron chi connectivity index (χ0n) is 16.9. The molecule has 0 aromatic heterocycles. The number of aliphatic imine (C=N–C) groups is 1. The van der Waals surface area contributed by atoms with Gasteiger partial charge in [-0.1, -0.05) is 25.1 Å². The van der Waals surface area contributed by atoms with Gasteiger partial charge >= 0.3 is 6.36 Å². The van der Waals surface area contributed by atoms with Crippen LogP contribution < -0.4 is 15.4 Å². The third-order valence-electron chi connectivity index (χ3n) is 4.59. The number of benzene rings is 1. The molecule has 1 atom stereocenters. The SMILES string of the molecule is CCNC(=NCc1ccccc1OC(F)(F)F)NCCC(=O)N1CCCC(C)C1. The number of nitrogens with one attached hydrogen (secondary N) is 2. The second kappa shape index (κ2) is 10.9. The molecule has 1 aromatic rings. The molecule has 0 aliphatic carbocycles. The number of hydrogen-bond acceptors (Lipinski definition) is 3. The number of guanidine groups is 1. The number of carbonyl (C=O) groups is 1. The maximum absolute atomic E-state index is 12.5. The van der Waals surface area contributed by atoms with E-state index >= 15 is 0 Å². The van der Waals surface area contributed by atoms with Crippen LogP contribution in [0.15, 0.2) is 29.3 Å². The summed E-state index contributed by atoms with van der Waals surface area (Å²) in [4.78, 5) is 18.6. The van der Waals surface area contributed by atoms with Gasteiger partial charge in [-0.05, 0) is 31.7 Å². The standard InChI is InChI=1S/C20H29F3N4O2/c1-3-24-19(25-11-10-18(28)27-12-6-7-15(2)14-27)26-13-16-8-4-5-9-17(16)29-20(21,22)23/h4-5,8-9,15H,3,6-7,10-14H2,1-2H3,(H2,24,25,26). The van der Waals surface area contributed by atoms with Gasteiger partial charge in [0.1, 0.15) is 5.75 Å². The van der Waals surface area contributed by atoms with Crippen LogP contribution in [0.2, 0.25) is 0 Å². The van der Waals surface area contributed by atoms with Crippen molar-refractivity contribution in [3.8, 4) is 5.75 Å². The molecule has 1 heterocycles. The van der Waals surface area contributed by atoms with Gasteiger partial charge in [-0.15, -0.1) is 13.2 Å². The molecule has 1 aliphatic heterocycles. The molecule has 1 aromatic carbocycles. The minimum absolute atomic E-state index is 0.0131. The molecule has 9 heteroatoms. The Balaban J connectivity index is 1.91. The van der Waals surface area contributed by atoms with Gasteiger partial charge in [0.15, 0.2) is 5.96 Å². The first-order valence-corrected chi connectivity index (χ1v) is 9.92. The highest BCUT2D eigenvalue weighted by Crippen LogP contribution is 2.26. The summed E-state index contributed by atoms with van der Waals surface area (Å²) in [5, 5.41) is 6.10. The molecule has 162 valence electrons. The van der Waals surface area contributed by atoms with E-state index in [1.54, 1.807) is 6.07 Å². The maximum atomic E-state index is 12.5. The van der Waals surface area contributed by atoms with Crippen molar-refractivity contribution in [3.05, 3.63) is 29.8 Å². The van der Waals surface area contributed by atoms with Crippen LogP contribution in [0.4, 0.5) is 13.2 Å². The third-order valence-corrected chi connectivity index (χ3v) is 4.59. The average Bonchev–Trinajstić information content (AvgIpc) is 2.66. The van der Waals surface area contributed by atoms with Crippen molar-refractivity contribution in [2.24, 2.45) is 10.9 Å². The van der Waals surface area contributed by atoms with Crippen molar-refractivity contribution in [1.82, 2.24) is 15.5 Å². The molecule has 1 fully saturated rings. The summed E-state index contributed by atoms with van der Waals surface area (Å²) >= 11 is 0. The highest BCUT2D eigenvalue weighted by Gasteiger charge is 2.31. The van der Waals surface area contributed by atoms with Crippen LogP contribution in [0.5, 0.6) is 5.75 Å². The number of carbonyl (C=O) groups excluding carboxylic acids is 1. The minimum atomic E-state index is -4.76. The lowest BCUT2D eigenvalue weighted by atomic mass is 10.00. The summed E-state index contributed by atoms with van der Waals surface area (Å²) < 4.78 is 41.7. The van der Waals surface area contributed by atoms with E-state index in [1.807, 2.05) is 11.8 Å². The Hall–Kier alpha value is -2.45. The van der Waals surface area contributed by atoms with E-state index in [0.29, 0.717) is 37.0 Å². The number of halogens is 3. The van der Waals surface area contributed by atoms with E-state index in [-0.39, 0.29) is 18.2 Å². The van der Waals surface area contributed by atoms with E-state index < -0.39 is 6.36 Å². The Morgan fingerprint density at radius 1 is 1.31 bits per heavy atom. The smallest absolute Gasteiger partial charge is 0.405 e. The normalized spacial score (nSPS) is 17.8. The number of ether oxygens (including phenoxy) is 1.